The summed E-state index contributed by atoms with van der Waals surface area (Å²) < 4.78 is 14.6. The number of carboxylic acids is 1. The van der Waals surface area contributed by atoms with Gasteiger partial charge in [-0.25, -0.2) is 4.98 Å². The first-order valence-electron chi connectivity index (χ1n) is 22.8. The highest BCUT2D eigenvalue weighted by Gasteiger charge is 2.50. The average Bonchev–Trinajstić information content (AvgIpc) is 3.83. The number of amides is 3. The number of nitrogens with one attached hydrogen (secondary N) is 2. The van der Waals surface area contributed by atoms with Gasteiger partial charge >= 0.3 is 5.97 Å². The summed E-state index contributed by atoms with van der Waals surface area (Å²) in [5.41, 5.74) is 2.27. The van der Waals surface area contributed by atoms with Gasteiger partial charge in [0.25, 0.3) is 0 Å². The predicted molar refractivity (Wildman–Crippen MR) is 267 cm³/mol. The number of rotatable bonds is 18. The normalized spacial score (nSPS) is 18.6. The Balaban J connectivity index is 0.00000782. The van der Waals surface area contributed by atoms with Crippen LogP contribution in [-0.4, -0.2) is 115 Å². The van der Waals surface area contributed by atoms with E-state index in [0.717, 1.165) is 40.3 Å². The quantitative estimate of drug-likeness (QED) is 0.0792. The lowest BCUT2D eigenvalue weighted by Crippen LogP contribution is -2.65. The smallest absolute Gasteiger partial charge is 0.304 e. The number of hydrogen-bond acceptors (Lipinski definition) is 10. The highest BCUT2D eigenvalue weighted by Crippen LogP contribution is 2.34. The fraction of sp³-hybridized carbons (Fsp3) is 0.412. The van der Waals surface area contributed by atoms with Gasteiger partial charge in [-0.2, -0.15) is 0 Å². The van der Waals surface area contributed by atoms with Gasteiger partial charge in [0.15, 0.2) is 0 Å². The van der Waals surface area contributed by atoms with Crippen molar-refractivity contribution in [1.82, 2.24) is 39.9 Å². The molecule has 2 aliphatic rings. The lowest BCUT2D eigenvalue weighted by atomic mass is 9.82. The van der Waals surface area contributed by atoms with E-state index in [4.69, 9.17) is 32.7 Å². The van der Waals surface area contributed by atoms with Gasteiger partial charge in [-0.3, -0.25) is 29.1 Å². The maximum Gasteiger partial charge on any atom is 0.304 e. The summed E-state index contributed by atoms with van der Waals surface area (Å²) in [6.45, 7) is 6.70. The Hall–Kier alpha value is -5.55. The largest absolute Gasteiger partial charge is 0.481 e. The van der Waals surface area contributed by atoms with Crippen molar-refractivity contribution in [2.24, 2.45) is 13.0 Å². The van der Waals surface area contributed by atoms with Gasteiger partial charge in [-0.15, -0.1) is 12.4 Å². The molecule has 15 nitrogen and oxygen atoms in total. The number of carbonyl (C=O) groups excluding carboxylic acids is 3. The summed E-state index contributed by atoms with van der Waals surface area (Å²) >= 11 is 12.7. The molecular weight excluding hydrogens is 943 g/mol. The van der Waals surface area contributed by atoms with Crippen molar-refractivity contribution >= 4 is 59.3 Å². The Morgan fingerprint density at radius 3 is 2.38 bits per heavy atom. The minimum Gasteiger partial charge on any atom is -0.481 e. The van der Waals surface area contributed by atoms with E-state index in [9.17, 15) is 24.3 Å². The molecule has 5 aromatic rings. The number of hydrogen-bond donors (Lipinski definition) is 3. The maximum absolute atomic E-state index is 14.7. The van der Waals surface area contributed by atoms with E-state index in [-0.39, 0.29) is 56.8 Å². The monoisotopic (exact) mass is 1000 g/mol. The van der Waals surface area contributed by atoms with Crippen LogP contribution < -0.4 is 15.4 Å². The van der Waals surface area contributed by atoms with E-state index in [0.29, 0.717) is 47.4 Å². The summed E-state index contributed by atoms with van der Waals surface area (Å²) in [6.07, 6.45) is 6.40. The first-order valence-corrected chi connectivity index (χ1v) is 23.5. The average molecular weight is 1000 g/mol. The molecule has 2 fully saturated rings. The molecule has 4 atom stereocenters. The Morgan fingerprint density at radius 2 is 1.70 bits per heavy atom. The third kappa shape index (κ3) is 13.2. The molecule has 2 aromatic heterocycles. The van der Waals surface area contributed by atoms with Gasteiger partial charge in [0.2, 0.25) is 17.7 Å². The van der Waals surface area contributed by atoms with Crippen LogP contribution in [0.5, 0.6) is 11.5 Å². The number of carboxylic acid groups (broad SMARTS) is 1. The molecule has 69 heavy (non-hydrogen) atoms. The van der Waals surface area contributed by atoms with E-state index in [2.05, 4.69) is 30.1 Å². The highest BCUT2D eigenvalue weighted by molar-refractivity contribution is 6.31. The van der Waals surface area contributed by atoms with Gasteiger partial charge in [0, 0.05) is 60.2 Å². The standard InChI is InChI=1S/C51H60Cl2N8O7.ClH/c1-33(55-28-37-12-17-40(53)25-44(37)68-41-18-13-36(14-19-41)42-29-56-45(59(42)6)30-58(4)5)48(65)61-43(31-67-50(61,2)3)47(64)57-51(26-34-10-15-39(52)16-11-34)20-8-22-60(32-51)49(66)38(24-46(62)63)23-35-9-7-21-54-27-35;/h7,9-19,21,25,27,29,33,38,43,55H,8,20,22-24,26,28,30-32H2,1-6H3,(H,57,64)(H,62,63);1H/t33-,38+,43-,51+;/m0./s1. The van der Waals surface area contributed by atoms with E-state index >= 15 is 0 Å². The second-order valence-corrected chi connectivity index (χ2v) is 19.5. The van der Waals surface area contributed by atoms with Crippen LogP contribution in [0.4, 0.5) is 0 Å². The van der Waals surface area contributed by atoms with Crippen molar-refractivity contribution in [2.75, 3.05) is 33.8 Å². The van der Waals surface area contributed by atoms with Crippen LogP contribution in [0.15, 0.2) is 97.5 Å². The van der Waals surface area contributed by atoms with Crippen LogP contribution in [0.25, 0.3) is 11.3 Å². The number of ether oxygens (including phenoxy) is 2. The molecule has 3 N–H and O–H groups in total. The molecule has 3 amide bonds. The number of aliphatic carboxylic acids is 1. The van der Waals surface area contributed by atoms with Gasteiger partial charge < -0.3 is 39.6 Å². The lowest BCUT2D eigenvalue weighted by Gasteiger charge is -2.45. The molecule has 18 heteroatoms. The van der Waals surface area contributed by atoms with E-state index in [1.807, 2.05) is 75.9 Å². The lowest BCUT2D eigenvalue weighted by molar-refractivity contribution is -0.152. The number of nitrogens with zero attached hydrogens (tertiary/aromatic N) is 6. The van der Waals surface area contributed by atoms with Gasteiger partial charge in [-0.1, -0.05) is 47.5 Å². The van der Waals surface area contributed by atoms with Gasteiger partial charge in [0.1, 0.15) is 29.1 Å². The van der Waals surface area contributed by atoms with E-state index in [1.165, 1.54) is 4.90 Å². The Kier molecular flexibility index (Phi) is 17.5. The summed E-state index contributed by atoms with van der Waals surface area (Å²) in [5, 5.41) is 17.5. The number of likely N-dealkylation sites (tertiary alicyclic amines) is 1. The van der Waals surface area contributed by atoms with Crippen molar-refractivity contribution in [1.29, 1.82) is 0 Å². The molecule has 0 aliphatic carbocycles. The van der Waals surface area contributed by atoms with Crippen LogP contribution in [0, 0.1) is 5.92 Å². The van der Waals surface area contributed by atoms with Crippen LogP contribution in [0.1, 0.15) is 62.5 Å². The molecule has 7 rings (SSSR count). The Labute approximate surface area is 419 Å². The van der Waals surface area contributed by atoms with Crippen molar-refractivity contribution in [3.05, 3.63) is 130 Å². The zero-order chi connectivity index (χ0) is 48.8. The molecule has 0 unspecified atom stereocenters. The molecule has 3 aromatic carbocycles. The predicted octanol–water partition coefficient (Wildman–Crippen LogP) is 7.56. The van der Waals surface area contributed by atoms with Gasteiger partial charge in [-0.05, 0) is 126 Å². The fourth-order valence-corrected chi connectivity index (χ4v) is 9.46. The Bertz CT molecular complexity index is 2580. The molecule has 2 saturated heterocycles. The molecule has 0 bridgehead atoms. The number of benzene rings is 3. The molecule has 0 spiro atoms. The zero-order valence-corrected chi connectivity index (χ0v) is 42.1. The highest BCUT2D eigenvalue weighted by atomic mass is 35.5. The summed E-state index contributed by atoms with van der Waals surface area (Å²) in [4.78, 5) is 69.5. The van der Waals surface area contributed by atoms with E-state index in [1.54, 1.807) is 68.4 Å². The molecule has 4 heterocycles. The zero-order valence-electron chi connectivity index (χ0n) is 39.8. The second-order valence-electron chi connectivity index (χ2n) is 18.6. The second kappa shape index (κ2) is 22.9. The summed E-state index contributed by atoms with van der Waals surface area (Å²) in [5.74, 6) is -0.923. The minimum absolute atomic E-state index is 0. The number of halogens is 3. The molecule has 368 valence electrons. The molecular formula is C51H61Cl3N8O7. The number of pyridine rings is 1. The van der Waals surface area contributed by atoms with Crippen molar-refractivity contribution in [3.63, 3.8) is 0 Å². The van der Waals surface area contributed by atoms with Crippen molar-refractivity contribution < 1.29 is 33.8 Å². The topological polar surface area (TPSA) is 171 Å². The Morgan fingerprint density at radius 1 is 0.971 bits per heavy atom. The SMILES string of the molecule is C[C@H](NCc1ccc(Cl)cc1Oc1ccc(-c2cnc(CN(C)C)n2C)cc1)C(=O)N1[C@H](C(=O)N[C@@]2(Cc3ccc(Cl)cc3)CCCN(C(=O)[C@@H](CC(=O)O)Cc3cccnc3)C2)COC1(C)C.Cl. The molecule has 0 saturated carbocycles. The number of imidazole rings is 1. The van der Waals surface area contributed by atoms with Crippen LogP contribution in [0.2, 0.25) is 10.0 Å². The summed E-state index contributed by atoms with van der Waals surface area (Å²) in [7, 11) is 6.01. The van der Waals surface area contributed by atoms with Crippen LogP contribution >= 0.6 is 35.6 Å². The van der Waals surface area contributed by atoms with E-state index < -0.39 is 41.1 Å². The third-order valence-corrected chi connectivity index (χ3v) is 13.1. The van der Waals surface area contributed by atoms with Crippen LogP contribution in [0.3, 0.4) is 0 Å². The number of carbonyl (C=O) groups is 4. The number of aromatic nitrogens is 3. The number of piperidine rings is 1. The molecule has 0 radical (unpaired) electrons. The fourth-order valence-electron chi connectivity index (χ4n) is 9.18. The van der Waals surface area contributed by atoms with Crippen LogP contribution in [-0.2, 0) is 56.9 Å². The first-order chi connectivity index (χ1) is 32.4. The van der Waals surface area contributed by atoms with Crippen molar-refractivity contribution in [2.45, 2.75) is 89.3 Å². The summed E-state index contributed by atoms with van der Waals surface area (Å²) in [6, 6.07) is 22.2. The minimum atomic E-state index is -1.13. The van der Waals surface area contributed by atoms with Crippen molar-refractivity contribution in [3.8, 4) is 22.8 Å². The van der Waals surface area contributed by atoms with Gasteiger partial charge in [0.05, 0.1) is 49.0 Å². The first kappa shape index (κ1) is 52.8. The molecule has 2 aliphatic heterocycles. The maximum atomic E-state index is 14.7. The third-order valence-electron chi connectivity index (χ3n) is 12.7.